The summed E-state index contributed by atoms with van der Waals surface area (Å²) in [5.74, 6) is -0.422. The molecular formula is C19H19Cl2N3O3. The van der Waals surface area contributed by atoms with E-state index in [0.717, 1.165) is 25.8 Å². The van der Waals surface area contributed by atoms with Gasteiger partial charge in [0.15, 0.2) is 0 Å². The van der Waals surface area contributed by atoms with E-state index in [4.69, 9.17) is 23.2 Å². The standard InChI is InChI=1S/C19H19Cl2N3O3/c1-12-6-4-5-9-23(12)17-11-16(15(21)10-18(17)24(26)27)22-19(25)13-7-2-3-8-14(13)20/h2-3,7-8,10-12H,4-6,9H2,1H3,(H,22,25). The fourth-order valence-electron chi connectivity index (χ4n) is 3.31. The van der Waals surface area contributed by atoms with Crippen molar-refractivity contribution in [3.8, 4) is 0 Å². The van der Waals surface area contributed by atoms with Crippen LogP contribution >= 0.6 is 23.2 Å². The van der Waals surface area contributed by atoms with Crippen molar-refractivity contribution in [1.82, 2.24) is 0 Å². The van der Waals surface area contributed by atoms with Crippen molar-refractivity contribution in [3.05, 3.63) is 62.1 Å². The van der Waals surface area contributed by atoms with Crippen LogP contribution in [0.1, 0.15) is 36.5 Å². The van der Waals surface area contributed by atoms with Crippen LogP contribution in [0.25, 0.3) is 0 Å². The maximum atomic E-state index is 12.6. The molecule has 0 aromatic heterocycles. The number of nitrogens with zero attached hydrogens (tertiary/aromatic N) is 2. The fraction of sp³-hybridized carbons (Fsp3) is 0.316. The largest absolute Gasteiger partial charge is 0.363 e. The normalized spacial score (nSPS) is 16.9. The van der Waals surface area contributed by atoms with Crippen molar-refractivity contribution in [1.29, 1.82) is 0 Å². The van der Waals surface area contributed by atoms with Gasteiger partial charge < -0.3 is 10.2 Å². The van der Waals surface area contributed by atoms with Crippen LogP contribution in [0.2, 0.25) is 10.0 Å². The maximum absolute atomic E-state index is 12.6. The van der Waals surface area contributed by atoms with Gasteiger partial charge in [0.1, 0.15) is 5.69 Å². The highest BCUT2D eigenvalue weighted by Crippen LogP contribution is 2.39. The van der Waals surface area contributed by atoms with E-state index in [1.807, 2.05) is 11.8 Å². The highest BCUT2D eigenvalue weighted by atomic mass is 35.5. The van der Waals surface area contributed by atoms with E-state index in [0.29, 0.717) is 22.0 Å². The molecule has 2 aromatic carbocycles. The molecule has 1 fully saturated rings. The second-order valence-corrected chi connectivity index (χ2v) is 7.36. The van der Waals surface area contributed by atoms with E-state index in [-0.39, 0.29) is 16.8 Å². The van der Waals surface area contributed by atoms with Crippen LogP contribution in [0.4, 0.5) is 17.1 Å². The second kappa shape index (κ2) is 8.15. The van der Waals surface area contributed by atoms with E-state index in [1.54, 1.807) is 30.3 Å². The molecular weight excluding hydrogens is 389 g/mol. The third-order valence-corrected chi connectivity index (χ3v) is 5.38. The number of piperidine rings is 1. The van der Waals surface area contributed by atoms with Crippen LogP contribution in [-0.4, -0.2) is 23.4 Å². The van der Waals surface area contributed by atoms with Gasteiger partial charge in [0.25, 0.3) is 11.6 Å². The summed E-state index contributed by atoms with van der Waals surface area (Å²) in [6.07, 6.45) is 3.02. The van der Waals surface area contributed by atoms with E-state index in [9.17, 15) is 14.9 Å². The van der Waals surface area contributed by atoms with Crippen LogP contribution in [0, 0.1) is 10.1 Å². The molecule has 1 unspecified atom stereocenters. The zero-order chi connectivity index (χ0) is 19.6. The van der Waals surface area contributed by atoms with Crippen molar-refractivity contribution in [2.45, 2.75) is 32.2 Å². The number of hydrogen-bond acceptors (Lipinski definition) is 4. The first-order valence-electron chi connectivity index (χ1n) is 8.69. The zero-order valence-electron chi connectivity index (χ0n) is 14.7. The average molecular weight is 408 g/mol. The molecule has 1 aliphatic heterocycles. The summed E-state index contributed by atoms with van der Waals surface area (Å²) in [5.41, 5.74) is 1.02. The molecule has 1 N–H and O–H groups in total. The van der Waals surface area contributed by atoms with Crippen molar-refractivity contribution in [2.75, 3.05) is 16.8 Å². The SMILES string of the molecule is CC1CCCCN1c1cc(NC(=O)c2ccccc2Cl)c(Cl)cc1[N+](=O)[O-]. The summed E-state index contributed by atoms with van der Waals surface area (Å²) in [5, 5.41) is 14.7. The molecule has 1 atom stereocenters. The molecule has 3 rings (SSSR count). The van der Waals surface area contributed by atoms with Gasteiger partial charge in [0.2, 0.25) is 0 Å². The van der Waals surface area contributed by atoms with Crippen molar-refractivity contribution >= 4 is 46.2 Å². The molecule has 6 nitrogen and oxygen atoms in total. The molecule has 0 radical (unpaired) electrons. The van der Waals surface area contributed by atoms with Crippen molar-refractivity contribution in [3.63, 3.8) is 0 Å². The minimum Gasteiger partial charge on any atom is -0.363 e. The number of carbonyl (C=O) groups is 1. The Hall–Kier alpha value is -2.31. The van der Waals surface area contributed by atoms with Gasteiger partial charge in [-0.05, 0) is 44.4 Å². The Balaban J connectivity index is 1.98. The number of rotatable bonds is 4. The van der Waals surface area contributed by atoms with Gasteiger partial charge in [-0.25, -0.2) is 0 Å². The third-order valence-electron chi connectivity index (χ3n) is 4.74. The molecule has 8 heteroatoms. The summed E-state index contributed by atoms with van der Waals surface area (Å²) in [6.45, 7) is 2.76. The molecule has 0 spiro atoms. The van der Waals surface area contributed by atoms with Crippen LogP contribution in [0.3, 0.4) is 0 Å². The van der Waals surface area contributed by atoms with Gasteiger partial charge in [-0.3, -0.25) is 14.9 Å². The lowest BCUT2D eigenvalue weighted by Gasteiger charge is -2.35. The number of carbonyl (C=O) groups excluding carboxylic acids is 1. The smallest absolute Gasteiger partial charge is 0.294 e. The molecule has 1 amide bonds. The predicted octanol–water partition coefficient (Wildman–Crippen LogP) is 5.53. The predicted molar refractivity (Wildman–Crippen MR) is 108 cm³/mol. The Morgan fingerprint density at radius 3 is 2.63 bits per heavy atom. The molecule has 1 heterocycles. The number of benzene rings is 2. The number of hydrogen-bond donors (Lipinski definition) is 1. The van der Waals surface area contributed by atoms with Crippen LogP contribution in [-0.2, 0) is 0 Å². The number of nitro benzene ring substituents is 1. The van der Waals surface area contributed by atoms with E-state index >= 15 is 0 Å². The molecule has 1 aliphatic rings. The summed E-state index contributed by atoms with van der Waals surface area (Å²) < 4.78 is 0. The molecule has 27 heavy (non-hydrogen) atoms. The minimum atomic E-state index is -0.442. The lowest BCUT2D eigenvalue weighted by Crippen LogP contribution is -2.37. The first kappa shape index (κ1) is 19.5. The maximum Gasteiger partial charge on any atom is 0.294 e. The number of nitro groups is 1. The second-order valence-electron chi connectivity index (χ2n) is 6.55. The highest BCUT2D eigenvalue weighted by molar-refractivity contribution is 6.36. The van der Waals surface area contributed by atoms with Crippen LogP contribution in [0.15, 0.2) is 36.4 Å². The molecule has 142 valence electrons. The Bertz CT molecular complexity index is 888. The number of amides is 1. The molecule has 0 aliphatic carbocycles. The highest BCUT2D eigenvalue weighted by Gasteiger charge is 2.27. The molecule has 1 saturated heterocycles. The van der Waals surface area contributed by atoms with Crippen molar-refractivity contribution in [2.24, 2.45) is 0 Å². The van der Waals surface area contributed by atoms with Gasteiger partial charge in [-0.2, -0.15) is 0 Å². The Kier molecular flexibility index (Phi) is 5.87. The van der Waals surface area contributed by atoms with Gasteiger partial charge in [0, 0.05) is 18.7 Å². The van der Waals surface area contributed by atoms with Crippen LogP contribution in [0.5, 0.6) is 0 Å². The van der Waals surface area contributed by atoms with Crippen LogP contribution < -0.4 is 10.2 Å². The first-order chi connectivity index (χ1) is 12.9. The quantitative estimate of drug-likeness (QED) is 0.533. The fourth-order valence-corrected chi connectivity index (χ4v) is 3.74. The Labute approximate surface area is 167 Å². The topological polar surface area (TPSA) is 75.5 Å². The summed E-state index contributed by atoms with van der Waals surface area (Å²) >= 11 is 12.3. The Morgan fingerprint density at radius 1 is 1.22 bits per heavy atom. The van der Waals surface area contributed by atoms with Crippen molar-refractivity contribution < 1.29 is 9.72 Å². The minimum absolute atomic E-state index is 0.0653. The zero-order valence-corrected chi connectivity index (χ0v) is 16.3. The molecule has 2 aromatic rings. The monoisotopic (exact) mass is 407 g/mol. The lowest BCUT2D eigenvalue weighted by atomic mass is 10.0. The summed E-state index contributed by atoms with van der Waals surface area (Å²) in [7, 11) is 0. The van der Waals surface area contributed by atoms with Gasteiger partial charge in [-0.1, -0.05) is 35.3 Å². The summed E-state index contributed by atoms with van der Waals surface area (Å²) in [4.78, 5) is 25.7. The van der Waals surface area contributed by atoms with E-state index in [1.165, 1.54) is 6.07 Å². The third kappa shape index (κ3) is 4.17. The van der Waals surface area contributed by atoms with Gasteiger partial charge in [0.05, 0.1) is 26.2 Å². The number of halogens is 2. The Morgan fingerprint density at radius 2 is 1.96 bits per heavy atom. The summed E-state index contributed by atoms with van der Waals surface area (Å²) in [6, 6.07) is 9.70. The lowest BCUT2D eigenvalue weighted by molar-refractivity contribution is -0.384. The number of anilines is 2. The van der Waals surface area contributed by atoms with Gasteiger partial charge in [-0.15, -0.1) is 0 Å². The van der Waals surface area contributed by atoms with E-state index in [2.05, 4.69) is 5.32 Å². The number of nitrogens with one attached hydrogen (secondary N) is 1. The van der Waals surface area contributed by atoms with E-state index < -0.39 is 10.8 Å². The molecule has 0 saturated carbocycles. The average Bonchev–Trinajstić information content (AvgIpc) is 2.63. The molecule has 0 bridgehead atoms. The van der Waals surface area contributed by atoms with Gasteiger partial charge >= 0.3 is 0 Å². The first-order valence-corrected chi connectivity index (χ1v) is 9.44.